The Balaban J connectivity index is 2.65. The van der Waals surface area contributed by atoms with Gasteiger partial charge in [0, 0.05) is 26.1 Å². The van der Waals surface area contributed by atoms with Gasteiger partial charge in [0.15, 0.2) is 0 Å². The van der Waals surface area contributed by atoms with Crippen LogP contribution in [0, 0.1) is 18.3 Å². The van der Waals surface area contributed by atoms with Crippen LogP contribution in [0.3, 0.4) is 0 Å². The topological polar surface area (TPSA) is 93.1 Å². The average molecular weight is 390 g/mol. The predicted molar refractivity (Wildman–Crippen MR) is 99.3 cm³/mol. The predicted octanol–water partition coefficient (Wildman–Crippen LogP) is 1.73. The smallest absolute Gasteiger partial charge is 0.310 e. The quantitative estimate of drug-likeness (QED) is 0.235. The van der Waals surface area contributed by atoms with Gasteiger partial charge in [0.2, 0.25) is 0 Å². The number of ether oxygens (including phenoxy) is 2. The lowest BCUT2D eigenvalue weighted by Crippen LogP contribution is -2.44. The van der Waals surface area contributed by atoms with E-state index in [0.717, 1.165) is 25.7 Å². The SMILES string of the molecule is C#CCC(CCCCCC)C(=O)OC(CN1CCOCC1)CS(=O)(=O)O. The zero-order chi connectivity index (χ0) is 19.4. The molecule has 0 spiro atoms. The molecule has 1 N–H and O–H groups in total. The maximum atomic E-state index is 12.5. The van der Waals surface area contributed by atoms with Crippen molar-refractivity contribution >= 4 is 16.1 Å². The molecular formula is C18H31NO6S. The van der Waals surface area contributed by atoms with Crippen LogP contribution in [0.4, 0.5) is 0 Å². The van der Waals surface area contributed by atoms with Crippen molar-refractivity contribution in [1.82, 2.24) is 4.90 Å². The van der Waals surface area contributed by atoms with Gasteiger partial charge in [-0.2, -0.15) is 8.42 Å². The summed E-state index contributed by atoms with van der Waals surface area (Å²) in [6.07, 6.45) is 9.42. The molecular weight excluding hydrogens is 358 g/mol. The molecule has 2 unspecified atom stereocenters. The first kappa shape index (κ1) is 22.9. The number of rotatable bonds is 12. The molecule has 0 aliphatic carbocycles. The fourth-order valence-corrected chi connectivity index (χ4v) is 3.60. The number of unbranched alkanes of at least 4 members (excludes halogenated alkanes) is 3. The van der Waals surface area contributed by atoms with Gasteiger partial charge in [-0.05, 0) is 6.42 Å². The lowest BCUT2D eigenvalue weighted by Gasteiger charge is -2.30. The molecule has 8 heteroatoms. The highest BCUT2D eigenvalue weighted by Crippen LogP contribution is 2.17. The van der Waals surface area contributed by atoms with E-state index in [-0.39, 0.29) is 13.0 Å². The minimum absolute atomic E-state index is 0.244. The summed E-state index contributed by atoms with van der Waals surface area (Å²) in [4.78, 5) is 14.5. The van der Waals surface area contributed by atoms with E-state index in [2.05, 4.69) is 12.8 Å². The Hall–Kier alpha value is -1.14. The molecule has 7 nitrogen and oxygen atoms in total. The van der Waals surface area contributed by atoms with Gasteiger partial charge in [-0.15, -0.1) is 12.3 Å². The molecule has 1 aliphatic rings. The highest BCUT2D eigenvalue weighted by Gasteiger charge is 2.28. The third-order valence-corrected chi connectivity index (χ3v) is 5.14. The van der Waals surface area contributed by atoms with Crippen LogP contribution in [0.2, 0.25) is 0 Å². The standard InChI is InChI=1S/C18H31NO6S/c1-3-5-6-7-9-16(8-4-2)18(20)25-17(15-26(21,22)23)14-19-10-12-24-13-11-19/h2,16-17H,3,5-15H2,1H3,(H,21,22,23). The third-order valence-electron chi connectivity index (χ3n) is 4.35. The number of carbonyl (C=O) groups excluding carboxylic acids is 1. The Bertz CT molecular complexity index is 551. The number of nitrogens with zero attached hydrogens (tertiary/aromatic N) is 1. The van der Waals surface area contributed by atoms with E-state index < -0.39 is 33.9 Å². The van der Waals surface area contributed by atoms with Crippen molar-refractivity contribution in [3.63, 3.8) is 0 Å². The van der Waals surface area contributed by atoms with Crippen molar-refractivity contribution in [2.75, 3.05) is 38.6 Å². The lowest BCUT2D eigenvalue weighted by molar-refractivity contribution is -0.154. The Morgan fingerprint density at radius 3 is 2.58 bits per heavy atom. The fraction of sp³-hybridized carbons (Fsp3) is 0.833. The Labute approximate surface area is 157 Å². The molecule has 0 amide bonds. The van der Waals surface area contributed by atoms with Crippen LogP contribution in [0.1, 0.15) is 45.4 Å². The Kier molecular flexibility index (Phi) is 10.8. The first-order valence-corrected chi connectivity index (χ1v) is 10.9. The number of hydrogen-bond donors (Lipinski definition) is 1. The van der Waals surface area contributed by atoms with Crippen molar-refractivity contribution in [2.45, 2.75) is 51.6 Å². The van der Waals surface area contributed by atoms with E-state index in [1.165, 1.54) is 0 Å². The second kappa shape index (κ2) is 12.3. The summed E-state index contributed by atoms with van der Waals surface area (Å²) in [5.41, 5.74) is 0. The molecule has 0 bridgehead atoms. The van der Waals surface area contributed by atoms with E-state index in [1.807, 2.05) is 4.90 Å². The minimum atomic E-state index is -4.26. The summed E-state index contributed by atoms with van der Waals surface area (Å²) >= 11 is 0. The minimum Gasteiger partial charge on any atom is -0.460 e. The van der Waals surface area contributed by atoms with E-state index in [1.54, 1.807) is 0 Å². The molecule has 150 valence electrons. The first-order valence-electron chi connectivity index (χ1n) is 9.25. The molecule has 0 aromatic heterocycles. The summed E-state index contributed by atoms with van der Waals surface area (Å²) in [6.45, 7) is 4.70. The lowest BCUT2D eigenvalue weighted by atomic mass is 9.98. The van der Waals surface area contributed by atoms with Gasteiger partial charge in [0.05, 0.1) is 19.1 Å². The zero-order valence-corrected chi connectivity index (χ0v) is 16.4. The second-order valence-corrected chi connectivity index (χ2v) is 8.17. The van der Waals surface area contributed by atoms with Crippen molar-refractivity contribution in [2.24, 2.45) is 5.92 Å². The first-order chi connectivity index (χ1) is 12.4. The molecule has 1 heterocycles. The van der Waals surface area contributed by atoms with Crippen molar-refractivity contribution in [1.29, 1.82) is 0 Å². The van der Waals surface area contributed by atoms with Crippen LogP contribution in [0.5, 0.6) is 0 Å². The zero-order valence-electron chi connectivity index (χ0n) is 15.6. The third kappa shape index (κ3) is 10.1. The number of terminal acetylenes is 1. The molecule has 1 saturated heterocycles. The van der Waals surface area contributed by atoms with E-state index in [4.69, 9.17) is 15.9 Å². The highest BCUT2D eigenvalue weighted by molar-refractivity contribution is 7.85. The number of carbonyl (C=O) groups is 1. The summed E-state index contributed by atoms with van der Waals surface area (Å²) in [7, 11) is -4.26. The molecule has 1 fully saturated rings. The van der Waals surface area contributed by atoms with Gasteiger partial charge in [-0.25, -0.2) is 0 Å². The number of hydrogen-bond acceptors (Lipinski definition) is 6. The molecule has 0 saturated carbocycles. The largest absolute Gasteiger partial charge is 0.460 e. The van der Waals surface area contributed by atoms with Crippen LogP contribution in [0.15, 0.2) is 0 Å². The Morgan fingerprint density at radius 2 is 2.00 bits per heavy atom. The molecule has 0 aromatic carbocycles. The maximum Gasteiger partial charge on any atom is 0.310 e. The maximum absolute atomic E-state index is 12.5. The molecule has 0 aromatic rings. The van der Waals surface area contributed by atoms with Crippen molar-refractivity contribution in [3.05, 3.63) is 0 Å². The van der Waals surface area contributed by atoms with Crippen LogP contribution in [0.25, 0.3) is 0 Å². The highest BCUT2D eigenvalue weighted by atomic mass is 32.2. The molecule has 26 heavy (non-hydrogen) atoms. The van der Waals surface area contributed by atoms with E-state index >= 15 is 0 Å². The van der Waals surface area contributed by atoms with Crippen molar-refractivity contribution in [3.8, 4) is 12.3 Å². The average Bonchev–Trinajstić information content (AvgIpc) is 2.57. The van der Waals surface area contributed by atoms with Crippen LogP contribution in [-0.4, -0.2) is 68.5 Å². The monoisotopic (exact) mass is 389 g/mol. The number of esters is 1. The molecule has 1 rings (SSSR count). The summed E-state index contributed by atoms with van der Waals surface area (Å²) in [6, 6.07) is 0. The van der Waals surface area contributed by atoms with Gasteiger partial charge < -0.3 is 9.47 Å². The van der Waals surface area contributed by atoms with Gasteiger partial charge >= 0.3 is 5.97 Å². The number of morpholine rings is 1. The van der Waals surface area contributed by atoms with Gasteiger partial charge in [-0.1, -0.05) is 32.6 Å². The van der Waals surface area contributed by atoms with Gasteiger partial charge in [0.25, 0.3) is 10.1 Å². The van der Waals surface area contributed by atoms with Crippen LogP contribution < -0.4 is 0 Å². The normalized spacial score (nSPS) is 18.0. The van der Waals surface area contributed by atoms with E-state index in [9.17, 15) is 17.8 Å². The fourth-order valence-electron chi connectivity index (χ4n) is 2.95. The van der Waals surface area contributed by atoms with Gasteiger partial charge in [0.1, 0.15) is 11.9 Å². The summed E-state index contributed by atoms with van der Waals surface area (Å²) < 4.78 is 42.5. The molecule has 2 atom stereocenters. The molecule has 1 aliphatic heterocycles. The Morgan fingerprint density at radius 1 is 1.31 bits per heavy atom. The van der Waals surface area contributed by atoms with Crippen LogP contribution in [-0.2, 0) is 24.4 Å². The van der Waals surface area contributed by atoms with Crippen LogP contribution >= 0.6 is 0 Å². The van der Waals surface area contributed by atoms with E-state index in [0.29, 0.717) is 32.7 Å². The molecule has 0 radical (unpaired) electrons. The second-order valence-electron chi connectivity index (χ2n) is 6.67. The van der Waals surface area contributed by atoms with Gasteiger partial charge in [-0.3, -0.25) is 14.2 Å². The van der Waals surface area contributed by atoms with Crippen molar-refractivity contribution < 1.29 is 27.2 Å². The summed E-state index contributed by atoms with van der Waals surface area (Å²) in [5, 5.41) is 0. The summed E-state index contributed by atoms with van der Waals surface area (Å²) in [5.74, 6) is 0.956.